The first-order chi connectivity index (χ1) is 9.27. The van der Waals surface area contributed by atoms with E-state index in [1.807, 2.05) is 5.38 Å². The fourth-order valence-electron chi connectivity index (χ4n) is 1.68. The first-order valence-electron chi connectivity index (χ1n) is 6.20. The van der Waals surface area contributed by atoms with Crippen LogP contribution in [-0.2, 0) is 11.8 Å². The van der Waals surface area contributed by atoms with Crippen molar-refractivity contribution < 1.29 is 9.18 Å². The maximum Gasteiger partial charge on any atom is 0.172 e. The van der Waals surface area contributed by atoms with Crippen LogP contribution in [0, 0.1) is 5.82 Å². The number of hydrogen-bond donors (Lipinski definition) is 0. The van der Waals surface area contributed by atoms with E-state index in [9.17, 15) is 9.18 Å². The average Bonchev–Trinajstić information content (AvgIpc) is 2.80. The van der Waals surface area contributed by atoms with Crippen molar-refractivity contribution in [1.29, 1.82) is 0 Å². The van der Waals surface area contributed by atoms with E-state index in [4.69, 9.17) is 0 Å². The SMILES string of the molecule is CC(C)(C)c1csc(CC(=O)c2cc(Br)ccc2F)n1. The van der Waals surface area contributed by atoms with Crippen molar-refractivity contribution in [2.45, 2.75) is 32.6 Å². The maximum absolute atomic E-state index is 13.7. The molecule has 2 nitrogen and oxygen atoms in total. The number of thiazole rings is 1. The Morgan fingerprint density at radius 1 is 1.40 bits per heavy atom. The van der Waals surface area contributed by atoms with Gasteiger partial charge in [0, 0.05) is 15.3 Å². The number of aromatic nitrogens is 1. The summed E-state index contributed by atoms with van der Waals surface area (Å²) in [6, 6.07) is 4.38. The van der Waals surface area contributed by atoms with Gasteiger partial charge in [-0.05, 0) is 18.2 Å². The largest absolute Gasteiger partial charge is 0.294 e. The summed E-state index contributed by atoms with van der Waals surface area (Å²) in [5.74, 6) is -0.746. The molecule has 0 fully saturated rings. The number of benzene rings is 1. The minimum atomic E-state index is -0.495. The minimum absolute atomic E-state index is 0.0428. The molecule has 0 N–H and O–H groups in total. The lowest BCUT2D eigenvalue weighted by Crippen LogP contribution is -2.12. The second-order valence-electron chi connectivity index (χ2n) is 5.60. The van der Waals surface area contributed by atoms with Crippen molar-refractivity contribution in [2.24, 2.45) is 0 Å². The highest BCUT2D eigenvalue weighted by atomic mass is 79.9. The zero-order valence-corrected chi connectivity index (χ0v) is 13.9. The van der Waals surface area contributed by atoms with E-state index in [-0.39, 0.29) is 23.2 Å². The number of carbonyl (C=O) groups is 1. The summed E-state index contributed by atoms with van der Waals surface area (Å²) in [4.78, 5) is 16.6. The smallest absolute Gasteiger partial charge is 0.172 e. The predicted octanol–water partition coefficient (Wildman–Crippen LogP) is 4.77. The zero-order chi connectivity index (χ0) is 14.9. The lowest BCUT2D eigenvalue weighted by atomic mass is 9.93. The van der Waals surface area contributed by atoms with Gasteiger partial charge in [0.2, 0.25) is 0 Å². The molecule has 0 unspecified atom stereocenters. The molecule has 0 aliphatic heterocycles. The van der Waals surface area contributed by atoms with Crippen molar-refractivity contribution in [3.63, 3.8) is 0 Å². The second-order valence-corrected chi connectivity index (χ2v) is 7.46. The van der Waals surface area contributed by atoms with Gasteiger partial charge in [0.05, 0.1) is 17.7 Å². The average molecular weight is 356 g/mol. The molecule has 0 atom stereocenters. The molecule has 0 aliphatic rings. The number of halogens is 2. The first kappa shape index (κ1) is 15.3. The van der Waals surface area contributed by atoms with Crippen LogP contribution in [-0.4, -0.2) is 10.8 Å². The third-order valence-electron chi connectivity index (χ3n) is 2.86. The summed E-state index contributed by atoms with van der Waals surface area (Å²) in [5, 5.41) is 2.68. The molecule has 0 saturated heterocycles. The van der Waals surface area contributed by atoms with E-state index in [0.717, 1.165) is 10.7 Å². The number of carbonyl (C=O) groups excluding carboxylic acids is 1. The molecule has 1 aromatic carbocycles. The summed E-state index contributed by atoms with van der Waals surface area (Å²) in [7, 11) is 0. The van der Waals surface area contributed by atoms with Gasteiger partial charge in [-0.1, -0.05) is 36.7 Å². The van der Waals surface area contributed by atoms with Crippen molar-refractivity contribution in [3.05, 3.63) is 50.1 Å². The van der Waals surface area contributed by atoms with Crippen LogP contribution in [0.4, 0.5) is 4.39 Å². The molecule has 2 rings (SSSR count). The molecule has 0 radical (unpaired) electrons. The molecule has 106 valence electrons. The lowest BCUT2D eigenvalue weighted by Gasteiger charge is -2.14. The van der Waals surface area contributed by atoms with E-state index in [1.54, 1.807) is 6.07 Å². The van der Waals surface area contributed by atoms with E-state index >= 15 is 0 Å². The summed E-state index contributed by atoms with van der Waals surface area (Å²) >= 11 is 4.69. The van der Waals surface area contributed by atoms with Crippen LogP contribution < -0.4 is 0 Å². The van der Waals surface area contributed by atoms with Crippen LogP contribution in [0.5, 0.6) is 0 Å². The third kappa shape index (κ3) is 3.52. The molecule has 1 aromatic heterocycles. The Labute approximate surface area is 130 Å². The van der Waals surface area contributed by atoms with Crippen molar-refractivity contribution >= 4 is 33.0 Å². The van der Waals surface area contributed by atoms with Gasteiger partial charge < -0.3 is 0 Å². The Balaban J connectivity index is 2.20. The van der Waals surface area contributed by atoms with E-state index < -0.39 is 5.82 Å². The fraction of sp³-hybridized carbons (Fsp3) is 0.333. The topological polar surface area (TPSA) is 30.0 Å². The minimum Gasteiger partial charge on any atom is -0.294 e. The van der Waals surface area contributed by atoms with Crippen LogP contribution in [0.15, 0.2) is 28.1 Å². The quantitative estimate of drug-likeness (QED) is 0.742. The van der Waals surface area contributed by atoms with Crippen LogP contribution in [0.25, 0.3) is 0 Å². The van der Waals surface area contributed by atoms with Crippen LogP contribution in [0.2, 0.25) is 0 Å². The van der Waals surface area contributed by atoms with Crippen molar-refractivity contribution in [1.82, 2.24) is 4.98 Å². The molecule has 0 amide bonds. The highest BCUT2D eigenvalue weighted by molar-refractivity contribution is 9.10. The molecule has 20 heavy (non-hydrogen) atoms. The molecule has 1 heterocycles. The number of rotatable bonds is 3. The predicted molar refractivity (Wildman–Crippen MR) is 82.9 cm³/mol. The van der Waals surface area contributed by atoms with Gasteiger partial charge in [0.1, 0.15) is 10.8 Å². The van der Waals surface area contributed by atoms with Gasteiger partial charge in [0.15, 0.2) is 5.78 Å². The van der Waals surface area contributed by atoms with E-state index in [2.05, 4.69) is 41.7 Å². The summed E-state index contributed by atoms with van der Waals surface area (Å²) in [6.07, 6.45) is 0.133. The maximum atomic E-state index is 13.7. The Morgan fingerprint density at radius 3 is 2.70 bits per heavy atom. The van der Waals surface area contributed by atoms with Gasteiger partial charge in [-0.2, -0.15) is 0 Å². The molecule has 5 heteroatoms. The van der Waals surface area contributed by atoms with Gasteiger partial charge in [-0.15, -0.1) is 11.3 Å². The van der Waals surface area contributed by atoms with Crippen LogP contribution in [0.1, 0.15) is 41.8 Å². The molecule has 0 bridgehead atoms. The number of Topliss-reactive ketones (excluding diaryl/α,β-unsaturated/α-hetero) is 1. The Morgan fingerprint density at radius 2 is 2.10 bits per heavy atom. The second kappa shape index (κ2) is 5.74. The Bertz CT molecular complexity index is 646. The Hall–Kier alpha value is -1.07. The standard InChI is InChI=1S/C15H15BrFNOS/c1-15(2,3)13-8-20-14(18-13)7-12(19)10-6-9(16)4-5-11(10)17/h4-6,8H,7H2,1-3H3. The summed E-state index contributed by atoms with van der Waals surface area (Å²) in [5.41, 5.74) is 1.02. The first-order valence-corrected chi connectivity index (χ1v) is 7.88. The van der Waals surface area contributed by atoms with E-state index in [0.29, 0.717) is 4.47 Å². The van der Waals surface area contributed by atoms with Crippen molar-refractivity contribution in [2.75, 3.05) is 0 Å². The summed E-state index contributed by atoms with van der Waals surface area (Å²) < 4.78 is 14.4. The van der Waals surface area contributed by atoms with Gasteiger partial charge in [-0.3, -0.25) is 4.79 Å². The molecule has 0 aliphatic carbocycles. The van der Waals surface area contributed by atoms with E-state index in [1.165, 1.54) is 23.5 Å². The van der Waals surface area contributed by atoms with Gasteiger partial charge in [0.25, 0.3) is 0 Å². The molecule has 2 aromatic rings. The molecular formula is C15H15BrFNOS. The highest BCUT2D eigenvalue weighted by Gasteiger charge is 2.19. The number of ketones is 1. The molecular weight excluding hydrogens is 341 g/mol. The van der Waals surface area contributed by atoms with Crippen LogP contribution in [0.3, 0.4) is 0 Å². The fourth-order valence-corrected chi connectivity index (χ4v) is 3.06. The highest BCUT2D eigenvalue weighted by Crippen LogP contribution is 2.25. The monoisotopic (exact) mass is 355 g/mol. The number of nitrogens with zero attached hydrogens (tertiary/aromatic N) is 1. The summed E-state index contributed by atoms with van der Waals surface area (Å²) in [6.45, 7) is 6.21. The zero-order valence-electron chi connectivity index (χ0n) is 11.5. The molecule has 0 spiro atoms. The van der Waals surface area contributed by atoms with Gasteiger partial charge in [-0.25, -0.2) is 9.37 Å². The lowest BCUT2D eigenvalue weighted by molar-refractivity contribution is 0.0989. The van der Waals surface area contributed by atoms with Crippen molar-refractivity contribution in [3.8, 4) is 0 Å². The molecule has 0 saturated carbocycles. The Kier molecular flexibility index (Phi) is 4.39. The number of hydrogen-bond acceptors (Lipinski definition) is 3. The normalized spacial score (nSPS) is 11.7. The van der Waals surface area contributed by atoms with Gasteiger partial charge >= 0.3 is 0 Å². The van der Waals surface area contributed by atoms with Crippen LogP contribution >= 0.6 is 27.3 Å². The third-order valence-corrected chi connectivity index (χ3v) is 4.20.